The summed E-state index contributed by atoms with van der Waals surface area (Å²) in [5.41, 5.74) is 9.24. The zero-order valence-electron chi connectivity index (χ0n) is 9.93. The van der Waals surface area contributed by atoms with E-state index in [9.17, 15) is 0 Å². The molecule has 88 valence electrons. The SMILES string of the molecule is CC(N)c1cccc(NCc2cccnc2)c1. The van der Waals surface area contributed by atoms with E-state index in [4.69, 9.17) is 5.73 Å². The van der Waals surface area contributed by atoms with Gasteiger partial charge in [0.15, 0.2) is 0 Å². The van der Waals surface area contributed by atoms with Crippen LogP contribution in [0.5, 0.6) is 0 Å². The lowest BCUT2D eigenvalue weighted by molar-refractivity contribution is 0.818. The number of nitrogens with two attached hydrogens (primary N) is 1. The van der Waals surface area contributed by atoms with Crippen molar-refractivity contribution in [3.63, 3.8) is 0 Å². The number of aromatic nitrogens is 1. The quantitative estimate of drug-likeness (QED) is 0.844. The van der Waals surface area contributed by atoms with E-state index in [-0.39, 0.29) is 6.04 Å². The molecular weight excluding hydrogens is 210 g/mol. The number of rotatable bonds is 4. The smallest absolute Gasteiger partial charge is 0.0416 e. The third-order valence-electron chi connectivity index (χ3n) is 2.63. The van der Waals surface area contributed by atoms with Gasteiger partial charge < -0.3 is 11.1 Å². The Morgan fingerprint density at radius 2 is 2.18 bits per heavy atom. The molecule has 0 fully saturated rings. The van der Waals surface area contributed by atoms with Gasteiger partial charge in [0.25, 0.3) is 0 Å². The maximum atomic E-state index is 5.85. The summed E-state index contributed by atoms with van der Waals surface area (Å²) in [6.45, 7) is 2.76. The molecule has 1 aromatic heterocycles. The van der Waals surface area contributed by atoms with E-state index in [2.05, 4.69) is 22.4 Å². The van der Waals surface area contributed by atoms with E-state index >= 15 is 0 Å². The summed E-state index contributed by atoms with van der Waals surface area (Å²) in [5, 5.41) is 3.36. The number of hydrogen-bond donors (Lipinski definition) is 2. The maximum Gasteiger partial charge on any atom is 0.0416 e. The van der Waals surface area contributed by atoms with Gasteiger partial charge in [-0.25, -0.2) is 0 Å². The standard InChI is InChI=1S/C14H17N3/c1-11(15)13-5-2-6-14(8-13)17-10-12-4-3-7-16-9-12/h2-9,11,17H,10,15H2,1H3. The van der Waals surface area contributed by atoms with Gasteiger partial charge in [0.2, 0.25) is 0 Å². The fraction of sp³-hybridized carbons (Fsp3) is 0.214. The second-order valence-electron chi connectivity index (χ2n) is 4.13. The molecule has 0 amide bonds. The minimum atomic E-state index is 0.0649. The van der Waals surface area contributed by atoms with Gasteiger partial charge in [-0.15, -0.1) is 0 Å². The van der Waals surface area contributed by atoms with Gasteiger partial charge in [0.1, 0.15) is 0 Å². The molecule has 3 heteroatoms. The summed E-state index contributed by atoms with van der Waals surface area (Å²) in [4.78, 5) is 4.08. The molecule has 1 atom stereocenters. The van der Waals surface area contributed by atoms with Crippen molar-refractivity contribution in [1.29, 1.82) is 0 Å². The normalized spacial score (nSPS) is 12.1. The second kappa shape index (κ2) is 5.46. The molecule has 0 saturated heterocycles. The number of benzene rings is 1. The first-order chi connectivity index (χ1) is 8.25. The first-order valence-electron chi connectivity index (χ1n) is 5.74. The van der Waals surface area contributed by atoms with Crippen molar-refractivity contribution in [3.05, 3.63) is 59.9 Å². The lowest BCUT2D eigenvalue weighted by Gasteiger charge is -2.10. The van der Waals surface area contributed by atoms with Gasteiger partial charge in [0, 0.05) is 30.7 Å². The summed E-state index contributed by atoms with van der Waals surface area (Å²) in [6.07, 6.45) is 3.64. The van der Waals surface area contributed by atoms with Crippen molar-refractivity contribution >= 4 is 5.69 Å². The van der Waals surface area contributed by atoms with Crippen molar-refractivity contribution in [1.82, 2.24) is 4.98 Å². The summed E-state index contributed by atoms with van der Waals surface area (Å²) >= 11 is 0. The second-order valence-corrected chi connectivity index (χ2v) is 4.13. The molecular formula is C14H17N3. The maximum absolute atomic E-state index is 5.85. The van der Waals surface area contributed by atoms with Crippen LogP contribution in [0.15, 0.2) is 48.8 Å². The Labute approximate surface area is 102 Å². The molecule has 0 aliphatic heterocycles. The van der Waals surface area contributed by atoms with Crippen LogP contribution in [-0.4, -0.2) is 4.98 Å². The minimum absolute atomic E-state index is 0.0649. The molecule has 1 aromatic carbocycles. The van der Waals surface area contributed by atoms with Gasteiger partial charge in [-0.1, -0.05) is 18.2 Å². The Bertz CT molecular complexity index is 466. The lowest BCUT2D eigenvalue weighted by Crippen LogP contribution is -2.06. The van der Waals surface area contributed by atoms with Crippen molar-refractivity contribution < 1.29 is 0 Å². The predicted molar refractivity (Wildman–Crippen MR) is 70.6 cm³/mol. The monoisotopic (exact) mass is 227 g/mol. The van der Waals surface area contributed by atoms with Gasteiger partial charge in [0.05, 0.1) is 0 Å². The number of nitrogens with one attached hydrogen (secondary N) is 1. The fourth-order valence-corrected chi connectivity index (χ4v) is 1.64. The van der Waals surface area contributed by atoms with Crippen LogP contribution < -0.4 is 11.1 Å². The third kappa shape index (κ3) is 3.29. The Balaban J connectivity index is 2.02. The highest BCUT2D eigenvalue weighted by atomic mass is 14.9. The van der Waals surface area contributed by atoms with Crippen LogP contribution in [-0.2, 0) is 6.54 Å². The topological polar surface area (TPSA) is 50.9 Å². The number of hydrogen-bond acceptors (Lipinski definition) is 3. The van der Waals surface area contributed by atoms with Crippen LogP contribution >= 0.6 is 0 Å². The van der Waals surface area contributed by atoms with E-state index in [0.717, 1.165) is 17.8 Å². The number of anilines is 1. The molecule has 3 N–H and O–H groups in total. The molecule has 0 bridgehead atoms. The van der Waals surface area contributed by atoms with Crippen molar-refractivity contribution in [2.45, 2.75) is 19.5 Å². The fourth-order valence-electron chi connectivity index (χ4n) is 1.64. The lowest BCUT2D eigenvalue weighted by atomic mass is 10.1. The van der Waals surface area contributed by atoms with E-state index in [1.165, 1.54) is 5.56 Å². The Kier molecular flexibility index (Phi) is 3.73. The van der Waals surface area contributed by atoms with Crippen LogP contribution in [0.2, 0.25) is 0 Å². The van der Waals surface area contributed by atoms with Crippen LogP contribution in [0.1, 0.15) is 24.1 Å². The molecule has 17 heavy (non-hydrogen) atoms. The first-order valence-corrected chi connectivity index (χ1v) is 5.74. The largest absolute Gasteiger partial charge is 0.381 e. The van der Waals surface area contributed by atoms with Gasteiger partial charge in [-0.3, -0.25) is 4.98 Å². The summed E-state index contributed by atoms with van der Waals surface area (Å²) in [7, 11) is 0. The minimum Gasteiger partial charge on any atom is -0.381 e. The summed E-state index contributed by atoms with van der Waals surface area (Å²) in [6, 6.07) is 12.2. The van der Waals surface area contributed by atoms with E-state index in [0.29, 0.717) is 0 Å². The highest BCUT2D eigenvalue weighted by Crippen LogP contribution is 2.16. The van der Waals surface area contributed by atoms with Gasteiger partial charge in [-0.05, 0) is 36.2 Å². The average Bonchev–Trinajstić information content (AvgIpc) is 2.38. The molecule has 0 radical (unpaired) electrons. The van der Waals surface area contributed by atoms with Crippen molar-refractivity contribution in [2.24, 2.45) is 5.73 Å². The molecule has 2 rings (SSSR count). The van der Waals surface area contributed by atoms with E-state index in [1.54, 1.807) is 6.20 Å². The average molecular weight is 227 g/mol. The van der Waals surface area contributed by atoms with Crippen LogP contribution in [0.4, 0.5) is 5.69 Å². The zero-order chi connectivity index (χ0) is 12.1. The molecule has 0 saturated carbocycles. The number of pyridine rings is 1. The van der Waals surface area contributed by atoms with Crippen molar-refractivity contribution in [2.75, 3.05) is 5.32 Å². The predicted octanol–water partition coefficient (Wildman–Crippen LogP) is 2.71. The van der Waals surface area contributed by atoms with Crippen LogP contribution in [0, 0.1) is 0 Å². The molecule has 0 aliphatic carbocycles. The molecule has 3 nitrogen and oxygen atoms in total. The zero-order valence-corrected chi connectivity index (χ0v) is 9.93. The van der Waals surface area contributed by atoms with Crippen LogP contribution in [0.3, 0.4) is 0 Å². The van der Waals surface area contributed by atoms with Gasteiger partial charge in [-0.2, -0.15) is 0 Å². The molecule has 2 aromatic rings. The van der Waals surface area contributed by atoms with E-state index in [1.807, 2.05) is 37.4 Å². The van der Waals surface area contributed by atoms with Gasteiger partial charge >= 0.3 is 0 Å². The van der Waals surface area contributed by atoms with E-state index < -0.39 is 0 Å². The summed E-state index contributed by atoms with van der Waals surface area (Å²) in [5.74, 6) is 0. The summed E-state index contributed by atoms with van der Waals surface area (Å²) < 4.78 is 0. The molecule has 1 unspecified atom stereocenters. The first kappa shape index (κ1) is 11.6. The highest BCUT2D eigenvalue weighted by molar-refractivity contribution is 5.46. The van der Waals surface area contributed by atoms with Crippen LogP contribution in [0.25, 0.3) is 0 Å². The Hall–Kier alpha value is -1.87. The Morgan fingerprint density at radius 1 is 1.29 bits per heavy atom. The van der Waals surface area contributed by atoms with Crippen molar-refractivity contribution in [3.8, 4) is 0 Å². The molecule has 1 heterocycles. The third-order valence-corrected chi connectivity index (χ3v) is 2.63. The molecule has 0 aliphatic rings. The number of nitrogens with zero attached hydrogens (tertiary/aromatic N) is 1. The Morgan fingerprint density at radius 3 is 2.88 bits per heavy atom. The molecule has 0 spiro atoms. The highest BCUT2D eigenvalue weighted by Gasteiger charge is 2.00.